The largest absolute Gasteiger partial charge is 0.404 e. The zero-order valence-electron chi connectivity index (χ0n) is 15.1. The van der Waals surface area contributed by atoms with Crippen molar-refractivity contribution >= 4 is 28.7 Å². The first kappa shape index (κ1) is 19.7. The molecule has 0 saturated carbocycles. The van der Waals surface area contributed by atoms with Gasteiger partial charge in [0.1, 0.15) is 11.6 Å². The molecule has 0 unspecified atom stereocenters. The molecule has 2 aromatic carbocycles. The fourth-order valence-electron chi connectivity index (χ4n) is 2.68. The number of rotatable bonds is 5. The molecule has 5 N–H and O–H groups in total. The highest BCUT2D eigenvalue weighted by molar-refractivity contribution is 6.30. The van der Waals surface area contributed by atoms with Crippen LogP contribution in [0.5, 0.6) is 0 Å². The minimum atomic E-state index is -0.798. The van der Waals surface area contributed by atoms with Crippen LogP contribution in [0.2, 0.25) is 0 Å². The lowest BCUT2D eigenvalue weighted by atomic mass is 9.97. The van der Waals surface area contributed by atoms with E-state index in [0.717, 1.165) is 17.7 Å². The van der Waals surface area contributed by atoms with Crippen LogP contribution in [0.1, 0.15) is 11.1 Å². The van der Waals surface area contributed by atoms with Gasteiger partial charge < -0.3 is 16.4 Å². The van der Waals surface area contributed by atoms with Crippen molar-refractivity contribution in [3.05, 3.63) is 96.0 Å². The van der Waals surface area contributed by atoms with E-state index in [2.05, 4.69) is 15.6 Å². The Morgan fingerprint density at radius 3 is 2.24 bits per heavy atom. The van der Waals surface area contributed by atoms with Crippen molar-refractivity contribution < 1.29 is 13.6 Å². The number of carbonyl (C=O) groups excluding carboxylic acids is 1. The minimum absolute atomic E-state index is 0.0186. The molecule has 0 aliphatic carbocycles. The number of hydrogen-bond donors (Lipinski definition) is 4. The van der Waals surface area contributed by atoms with Gasteiger partial charge in [-0.15, -0.1) is 0 Å². The Bertz CT molecular complexity index is 1060. The maximum Gasteiger partial charge on any atom is 0.323 e. The van der Waals surface area contributed by atoms with Gasteiger partial charge in [0.15, 0.2) is 0 Å². The number of amides is 2. The van der Waals surface area contributed by atoms with Crippen molar-refractivity contribution in [3.63, 3.8) is 0 Å². The topological polar surface area (TPSA) is 104 Å². The lowest BCUT2D eigenvalue weighted by Crippen LogP contribution is -2.19. The predicted molar refractivity (Wildman–Crippen MR) is 109 cm³/mol. The predicted octanol–water partition coefficient (Wildman–Crippen LogP) is 4.37. The van der Waals surface area contributed by atoms with Crippen molar-refractivity contribution in [2.75, 3.05) is 10.6 Å². The third-order valence-electron chi connectivity index (χ3n) is 3.96. The SMILES string of the molecule is N=C(/C(=C\N)c1ccncc1)c1cccc(NC(=O)Nc2cc(F)cc(F)c2)c1. The number of allylic oxidation sites excluding steroid dienone is 1. The monoisotopic (exact) mass is 393 g/mol. The van der Waals surface area contributed by atoms with Gasteiger partial charge in [-0.25, -0.2) is 13.6 Å². The minimum Gasteiger partial charge on any atom is -0.404 e. The number of benzene rings is 2. The molecule has 0 spiro atoms. The normalized spacial score (nSPS) is 11.0. The summed E-state index contributed by atoms with van der Waals surface area (Å²) in [7, 11) is 0. The molecule has 0 aliphatic heterocycles. The molecule has 146 valence electrons. The number of nitrogens with two attached hydrogens (primary N) is 1. The van der Waals surface area contributed by atoms with Crippen LogP contribution in [0.3, 0.4) is 0 Å². The van der Waals surface area contributed by atoms with Crippen LogP contribution in [-0.2, 0) is 0 Å². The molecule has 0 radical (unpaired) electrons. The second-order valence-corrected chi connectivity index (χ2v) is 6.01. The van der Waals surface area contributed by atoms with Crippen LogP contribution in [0.4, 0.5) is 25.0 Å². The lowest BCUT2D eigenvalue weighted by molar-refractivity contribution is 0.262. The first-order chi connectivity index (χ1) is 14.0. The Labute approximate surface area is 165 Å². The number of pyridine rings is 1. The van der Waals surface area contributed by atoms with Crippen molar-refractivity contribution in [3.8, 4) is 0 Å². The highest BCUT2D eigenvalue weighted by Gasteiger charge is 2.12. The molecule has 3 aromatic rings. The summed E-state index contributed by atoms with van der Waals surface area (Å²) in [5.41, 5.74) is 8.01. The highest BCUT2D eigenvalue weighted by Crippen LogP contribution is 2.21. The standard InChI is InChI=1S/C21H17F2N5O/c22-15-9-16(23)11-18(10-15)28-21(29)27-17-3-1-2-14(8-17)20(25)19(12-24)13-4-6-26-7-5-13/h1-12,25H,24H2,(H2,27,28,29)/b19-12-,25-20?. The number of nitrogens with zero attached hydrogens (tertiary/aromatic N) is 1. The van der Waals surface area contributed by atoms with Crippen LogP contribution in [-0.4, -0.2) is 16.7 Å². The molecule has 1 aromatic heterocycles. The zero-order valence-corrected chi connectivity index (χ0v) is 15.1. The summed E-state index contributed by atoms with van der Waals surface area (Å²) in [6.45, 7) is 0. The van der Waals surface area contributed by atoms with E-state index in [1.807, 2.05) is 0 Å². The summed E-state index contributed by atoms with van der Waals surface area (Å²) >= 11 is 0. The van der Waals surface area contributed by atoms with Crippen molar-refractivity contribution in [1.82, 2.24) is 4.98 Å². The third-order valence-corrected chi connectivity index (χ3v) is 3.96. The fourth-order valence-corrected chi connectivity index (χ4v) is 2.68. The molecule has 0 saturated heterocycles. The van der Waals surface area contributed by atoms with Gasteiger partial charge in [0.2, 0.25) is 0 Å². The molecule has 0 bridgehead atoms. The molecule has 0 atom stereocenters. The van der Waals surface area contributed by atoms with Gasteiger partial charge >= 0.3 is 6.03 Å². The van der Waals surface area contributed by atoms with Gasteiger partial charge in [0.05, 0.1) is 5.71 Å². The van der Waals surface area contributed by atoms with Gasteiger partial charge in [-0.2, -0.15) is 0 Å². The van der Waals surface area contributed by atoms with Gasteiger partial charge in [-0.05, 0) is 42.0 Å². The van der Waals surface area contributed by atoms with E-state index in [0.29, 0.717) is 22.9 Å². The van der Waals surface area contributed by atoms with Crippen molar-refractivity contribution in [2.24, 2.45) is 5.73 Å². The van der Waals surface area contributed by atoms with E-state index in [4.69, 9.17) is 11.1 Å². The van der Waals surface area contributed by atoms with Crippen LogP contribution >= 0.6 is 0 Å². The summed E-state index contributed by atoms with van der Waals surface area (Å²) in [4.78, 5) is 16.1. The molecular formula is C21H17F2N5O. The molecule has 8 heteroatoms. The molecule has 29 heavy (non-hydrogen) atoms. The number of hydrogen-bond acceptors (Lipinski definition) is 4. The second kappa shape index (κ2) is 8.75. The molecular weight excluding hydrogens is 376 g/mol. The second-order valence-electron chi connectivity index (χ2n) is 6.01. The maximum absolute atomic E-state index is 13.2. The highest BCUT2D eigenvalue weighted by atomic mass is 19.1. The van der Waals surface area contributed by atoms with Crippen LogP contribution in [0.25, 0.3) is 5.57 Å². The van der Waals surface area contributed by atoms with Crippen LogP contribution in [0.15, 0.2) is 73.2 Å². The molecule has 3 rings (SSSR count). The summed E-state index contributed by atoms with van der Waals surface area (Å²) < 4.78 is 26.5. The number of nitrogens with one attached hydrogen (secondary N) is 3. The van der Waals surface area contributed by atoms with E-state index in [-0.39, 0.29) is 11.4 Å². The number of aromatic nitrogens is 1. The van der Waals surface area contributed by atoms with E-state index in [1.54, 1.807) is 48.8 Å². The third kappa shape index (κ3) is 5.01. The first-order valence-electron chi connectivity index (χ1n) is 8.52. The molecule has 6 nitrogen and oxygen atoms in total. The van der Waals surface area contributed by atoms with Gasteiger partial charge in [0.25, 0.3) is 0 Å². The van der Waals surface area contributed by atoms with Gasteiger partial charge in [-0.3, -0.25) is 10.4 Å². The number of anilines is 2. The number of halogens is 2. The first-order valence-corrected chi connectivity index (χ1v) is 8.52. The van der Waals surface area contributed by atoms with Crippen molar-refractivity contribution in [2.45, 2.75) is 0 Å². The molecule has 1 heterocycles. The number of carbonyl (C=O) groups is 1. The fraction of sp³-hybridized carbons (Fsp3) is 0. The summed E-state index contributed by atoms with van der Waals surface area (Å²) in [5, 5.41) is 13.4. The summed E-state index contributed by atoms with van der Waals surface area (Å²) in [6.07, 6.45) is 4.54. The smallest absolute Gasteiger partial charge is 0.323 e. The summed E-state index contributed by atoms with van der Waals surface area (Å²) in [5.74, 6) is -1.60. The molecule has 2 amide bonds. The zero-order chi connectivity index (χ0) is 20.8. The van der Waals surface area contributed by atoms with Gasteiger partial charge in [-0.1, -0.05) is 12.1 Å². The molecule has 0 fully saturated rings. The maximum atomic E-state index is 13.2. The van der Waals surface area contributed by atoms with E-state index in [1.165, 1.54) is 6.20 Å². The Kier molecular flexibility index (Phi) is 5.94. The Balaban J connectivity index is 1.75. The lowest BCUT2D eigenvalue weighted by Gasteiger charge is -2.12. The molecule has 0 aliphatic rings. The Hall–Kier alpha value is -4.07. The Morgan fingerprint density at radius 1 is 0.931 bits per heavy atom. The summed E-state index contributed by atoms with van der Waals surface area (Å²) in [6, 6.07) is 12.1. The van der Waals surface area contributed by atoms with Crippen molar-refractivity contribution in [1.29, 1.82) is 5.41 Å². The number of urea groups is 1. The van der Waals surface area contributed by atoms with Crippen LogP contribution in [0, 0.1) is 17.0 Å². The van der Waals surface area contributed by atoms with E-state index < -0.39 is 17.7 Å². The van der Waals surface area contributed by atoms with Gasteiger partial charge in [0, 0.05) is 47.2 Å². The quantitative estimate of drug-likeness (QED) is 0.484. The van der Waals surface area contributed by atoms with E-state index >= 15 is 0 Å². The van der Waals surface area contributed by atoms with E-state index in [9.17, 15) is 13.6 Å². The average Bonchev–Trinajstić information content (AvgIpc) is 2.68. The van der Waals surface area contributed by atoms with Crippen LogP contribution < -0.4 is 16.4 Å². The average molecular weight is 393 g/mol. The Morgan fingerprint density at radius 2 is 1.59 bits per heavy atom.